The zero-order valence-corrected chi connectivity index (χ0v) is 13.1. The van der Waals surface area contributed by atoms with Gasteiger partial charge in [0.1, 0.15) is 0 Å². The molecule has 0 spiro atoms. The molecule has 108 valence electrons. The Hall–Kier alpha value is -1.21. The van der Waals surface area contributed by atoms with Gasteiger partial charge in [0.25, 0.3) is 0 Å². The van der Waals surface area contributed by atoms with Crippen LogP contribution in [0, 0.1) is 0 Å². The highest BCUT2D eigenvalue weighted by Gasteiger charge is 2.18. The Kier molecular flexibility index (Phi) is 5.31. The van der Waals surface area contributed by atoms with E-state index in [-0.39, 0.29) is 17.6 Å². The van der Waals surface area contributed by atoms with E-state index < -0.39 is 5.97 Å². The lowest BCUT2D eigenvalue weighted by Crippen LogP contribution is -2.41. The minimum Gasteiger partial charge on any atom is -0.478 e. The van der Waals surface area contributed by atoms with Crippen LogP contribution in [-0.4, -0.2) is 34.7 Å². The first-order chi connectivity index (χ1) is 9.56. The van der Waals surface area contributed by atoms with Crippen molar-refractivity contribution < 1.29 is 14.7 Å². The number of urea groups is 1. The fourth-order valence-electron chi connectivity index (χ4n) is 2.00. The van der Waals surface area contributed by atoms with Gasteiger partial charge in [0.2, 0.25) is 0 Å². The lowest BCUT2D eigenvalue weighted by molar-refractivity contribution is 0.0698. The molecule has 0 aromatic heterocycles. The zero-order chi connectivity index (χ0) is 14.5. The minimum absolute atomic E-state index is 0.0625. The van der Waals surface area contributed by atoms with Crippen LogP contribution in [0.1, 0.15) is 23.2 Å². The van der Waals surface area contributed by atoms with Gasteiger partial charge in [-0.3, -0.25) is 0 Å². The number of carboxylic acid groups (broad SMARTS) is 1. The minimum atomic E-state index is -1.07. The summed E-state index contributed by atoms with van der Waals surface area (Å²) in [6.07, 6.45) is 2.06. The van der Waals surface area contributed by atoms with Crippen LogP contribution in [0.15, 0.2) is 22.7 Å². The molecule has 1 aromatic rings. The molecule has 7 heteroatoms. The Morgan fingerprint density at radius 1 is 1.40 bits per heavy atom. The highest BCUT2D eigenvalue weighted by Crippen LogP contribution is 2.21. The fraction of sp³-hybridized carbons (Fsp3) is 0.385. The number of carbonyl (C=O) groups excluding carboxylic acids is 1. The predicted molar refractivity (Wildman–Crippen MR) is 83.6 cm³/mol. The van der Waals surface area contributed by atoms with Gasteiger partial charge in [-0.15, -0.1) is 0 Å². The number of aromatic carboxylic acids is 1. The Balaban J connectivity index is 2.01. The molecule has 1 atom stereocenters. The fourth-order valence-corrected chi connectivity index (χ4v) is 3.43. The van der Waals surface area contributed by atoms with Gasteiger partial charge in [0, 0.05) is 16.3 Å². The first-order valence-corrected chi connectivity index (χ1v) is 8.19. The molecule has 1 aliphatic rings. The number of hydrogen-bond donors (Lipinski definition) is 3. The summed E-state index contributed by atoms with van der Waals surface area (Å²) in [4.78, 5) is 23.1. The first-order valence-electron chi connectivity index (χ1n) is 6.24. The summed E-state index contributed by atoms with van der Waals surface area (Å²) in [7, 11) is 0. The second-order valence-corrected chi connectivity index (χ2v) is 6.57. The molecule has 0 aliphatic carbocycles. The van der Waals surface area contributed by atoms with E-state index in [1.54, 1.807) is 12.1 Å². The molecule has 1 saturated heterocycles. The average Bonchev–Trinajstić information content (AvgIpc) is 2.41. The number of nitrogens with one attached hydrogen (secondary N) is 2. The lowest BCUT2D eigenvalue weighted by Gasteiger charge is -2.22. The van der Waals surface area contributed by atoms with Gasteiger partial charge in [0.15, 0.2) is 0 Å². The van der Waals surface area contributed by atoms with E-state index in [0.29, 0.717) is 10.2 Å². The van der Waals surface area contributed by atoms with Crippen molar-refractivity contribution in [3.63, 3.8) is 0 Å². The molecule has 0 saturated carbocycles. The monoisotopic (exact) mass is 358 g/mol. The summed E-state index contributed by atoms with van der Waals surface area (Å²) in [5, 5.41) is 14.6. The van der Waals surface area contributed by atoms with Gasteiger partial charge in [0.05, 0.1) is 11.3 Å². The van der Waals surface area contributed by atoms with Crippen molar-refractivity contribution in [2.75, 3.05) is 16.8 Å². The van der Waals surface area contributed by atoms with Gasteiger partial charge in [-0.05, 0) is 36.8 Å². The largest absolute Gasteiger partial charge is 0.478 e. The number of amides is 2. The average molecular weight is 359 g/mol. The summed E-state index contributed by atoms with van der Waals surface area (Å²) in [6, 6.07) is 4.52. The lowest BCUT2D eigenvalue weighted by atomic mass is 10.2. The zero-order valence-electron chi connectivity index (χ0n) is 10.7. The molecule has 2 amide bonds. The SMILES string of the molecule is O=C(Nc1ccc(Br)cc1C(=O)O)NC1CCCSC1. The number of thioether (sulfide) groups is 1. The summed E-state index contributed by atoms with van der Waals surface area (Å²) in [6.45, 7) is 0. The molecule has 2 rings (SSSR count). The molecule has 1 aromatic carbocycles. The third kappa shape index (κ3) is 4.14. The first kappa shape index (κ1) is 15.2. The van der Waals surface area contributed by atoms with Crippen molar-refractivity contribution in [1.82, 2.24) is 5.32 Å². The molecule has 1 heterocycles. The summed E-state index contributed by atoms with van der Waals surface area (Å²) in [5.74, 6) is 0.963. The van der Waals surface area contributed by atoms with E-state index in [2.05, 4.69) is 26.6 Å². The van der Waals surface area contributed by atoms with E-state index in [0.717, 1.165) is 24.3 Å². The molecule has 0 radical (unpaired) electrons. The second kappa shape index (κ2) is 6.99. The van der Waals surface area contributed by atoms with Gasteiger partial charge in [-0.2, -0.15) is 11.8 Å². The Morgan fingerprint density at radius 3 is 2.85 bits per heavy atom. The molecule has 1 fully saturated rings. The number of rotatable bonds is 3. The van der Waals surface area contributed by atoms with Crippen LogP contribution < -0.4 is 10.6 Å². The van der Waals surface area contributed by atoms with Crippen LogP contribution >= 0.6 is 27.7 Å². The Morgan fingerprint density at radius 2 is 2.20 bits per heavy atom. The Bertz CT molecular complexity index is 518. The van der Waals surface area contributed by atoms with Gasteiger partial charge < -0.3 is 15.7 Å². The van der Waals surface area contributed by atoms with Crippen LogP contribution in [-0.2, 0) is 0 Å². The number of halogens is 1. The van der Waals surface area contributed by atoms with E-state index in [1.165, 1.54) is 6.07 Å². The second-order valence-electron chi connectivity index (χ2n) is 4.51. The number of carboxylic acids is 1. The third-order valence-electron chi connectivity index (χ3n) is 2.96. The van der Waals surface area contributed by atoms with E-state index in [1.807, 2.05) is 11.8 Å². The van der Waals surface area contributed by atoms with E-state index in [9.17, 15) is 9.59 Å². The maximum absolute atomic E-state index is 11.9. The number of carbonyl (C=O) groups is 2. The van der Waals surface area contributed by atoms with Crippen LogP contribution in [0.3, 0.4) is 0 Å². The summed E-state index contributed by atoms with van der Waals surface area (Å²) >= 11 is 5.03. The summed E-state index contributed by atoms with van der Waals surface area (Å²) in [5.41, 5.74) is 0.356. The molecular weight excluding hydrogens is 344 g/mol. The van der Waals surface area contributed by atoms with Gasteiger partial charge in [-0.1, -0.05) is 15.9 Å². The number of hydrogen-bond acceptors (Lipinski definition) is 3. The van der Waals surface area contributed by atoms with Crippen molar-refractivity contribution in [2.45, 2.75) is 18.9 Å². The number of benzene rings is 1. The highest BCUT2D eigenvalue weighted by atomic mass is 79.9. The topological polar surface area (TPSA) is 78.4 Å². The van der Waals surface area contributed by atoms with Crippen LogP contribution in [0.5, 0.6) is 0 Å². The van der Waals surface area contributed by atoms with Crippen molar-refractivity contribution >= 4 is 45.4 Å². The summed E-state index contributed by atoms with van der Waals surface area (Å²) < 4.78 is 0.657. The quantitative estimate of drug-likeness (QED) is 0.775. The maximum Gasteiger partial charge on any atom is 0.337 e. The number of anilines is 1. The molecule has 1 unspecified atom stereocenters. The molecule has 5 nitrogen and oxygen atoms in total. The normalized spacial score (nSPS) is 18.4. The molecular formula is C13H15BrN2O3S. The molecule has 20 heavy (non-hydrogen) atoms. The Labute approximate surface area is 129 Å². The van der Waals surface area contributed by atoms with Crippen molar-refractivity contribution in [3.8, 4) is 0 Å². The van der Waals surface area contributed by atoms with Crippen LogP contribution in [0.25, 0.3) is 0 Å². The van der Waals surface area contributed by atoms with Gasteiger partial charge >= 0.3 is 12.0 Å². The van der Waals surface area contributed by atoms with Crippen molar-refractivity contribution in [3.05, 3.63) is 28.2 Å². The van der Waals surface area contributed by atoms with E-state index in [4.69, 9.17) is 5.11 Å². The van der Waals surface area contributed by atoms with Gasteiger partial charge in [-0.25, -0.2) is 9.59 Å². The molecule has 0 bridgehead atoms. The van der Waals surface area contributed by atoms with Crippen LogP contribution in [0.4, 0.5) is 10.5 Å². The van der Waals surface area contributed by atoms with Crippen molar-refractivity contribution in [1.29, 1.82) is 0 Å². The molecule has 1 aliphatic heterocycles. The maximum atomic E-state index is 11.9. The molecule has 3 N–H and O–H groups in total. The smallest absolute Gasteiger partial charge is 0.337 e. The van der Waals surface area contributed by atoms with Crippen molar-refractivity contribution in [2.24, 2.45) is 0 Å². The van der Waals surface area contributed by atoms with Crippen LogP contribution in [0.2, 0.25) is 0 Å². The van der Waals surface area contributed by atoms with E-state index >= 15 is 0 Å². The highest BCUT2D eigenvalue weighted by molar-refractivity contribution is 9.10. The third-order valence-corrected chi connectivity index (χ3v) is 4.66. The standard InChI is InChI=1S/C13H15BrN2O3S/c14-8-3-4-11(10(6-8)12(17)18)16-13(19)15-9-2-1-5-20-7-9/h3-4,6,9H,1-2,5,7H2,(H,17,18)(H2,15,16,19). The predicted octanol–water partition coefficient (Wildman–Crippen LogP) is 3.16.